The Morgan fingerprint density at radius 3 is 1.70 bits per heavy atom. The molecule has 5 atom stereocenters. The summed E-state index contributed by atoms with van der Waals surface area (Å²) >= 11 is 0. The standard InChI is InChI=1S/C14H32N2O4/c1-10(17)7-14(15-13(4)20)5-6-16(8-11(2)18)9-12(3)19/h10-15,17-20H,5-9H2,1-4H3. The summed E-state index contributed by atoms with van der Waals surface area (Å²) in [6, 6.07) is 0.000461. The summed E-state index contributed by atoms with van der Waals surface area (Å²) in [5.74, 6) is 0. The second-order valence-corrected chi connectivity index (χ2v) is 5.87. The number of hydrogen-bond acceptors (Lipinski definition) is 6. The Morgan fingerprint density at radius 1 is 0.850 bits per heavy atom. The zero-order valence-corrected chi connectivity index (χ0v) is 13.2. The van der Waals surface area contributed by atoms with Crippen molar-refractivity contribution in [1.29, 1.82) is 0 Å². The van der Waals surface area contributed by atoms with Gasteiger partial charge in [0.2, 0.25) is 0 Å². The third kappa shape index (κ3) is 11.6. The van der Waals surface area contributed by atoms with Crippen LogP contribution in [0.4, 0.5) is 0 Å². The van der Waals surface area contributed by atoms with E-state index in [0.29, 0.717) is 26.1 Å². The van der Waals surface area contributed by atoms with E-state index in [-0.39, 0.29) is 6.04 Å². The highest BCUT2D eigenvalue weighted by molar-refractivity contribution is 4.74. The molecule has 5 N–H and O–H groups in total. The van der Waals surface area contributed by atoms with Crippen molar-refractivity contribution >= 4 is 0 Å². The van der Waals surface area contributed by atoms with Gasteiger partial charge in [-0.05, 0) is 47.1 Å². The first-order chi connectivity index (χ1) is 9.20. The van der Waals surface area contributed by atoms with Crippen LogP contribution in [0, 0.1) is 0 Å². The Morgan fingerprint density at radius 2 is 1.35 bits per heavy atom. The van der Waals surface area contributed by atoms with E-state index in [9.17, 15) is 20.4 Å². The Bertz CT molecular complexity index is 191. The van der Waals surface area contributed by atoms with E-state index in [2.05, 4.69) is 5.32 Å². The lowest BCUT2D eigenvalue weighted by atomic mass is 10.1. The molecule has 0 bridgehead atoms. The minimum Gasteiger partial charge on any atom is -0.393 e. The fourth-order valence-electron chi connectivity index (χ4n) is 2.36. The molecule has 20 heavy (non-hydrogen) atoms. The van der Waals surface area contributed by atoms with E-state index in [1.807, 2.05) is 4.90 Å². The van der Waals surface area contributed by atoms with Crippen LogP contribution in [0.3, 0.4) is 0 Å². The molecule has 0 aliphatic heterocycles. The highest BCUT2D eigenvalue weighted by atomic mass is 16.3. The van der Waals surface area contributed by atoms with Crippen molar-refractivity contribution < 1.29 is 20.4 Å². The second kappa shape index (κ2) is 10.5. The molecule has 0 aliphatic carbocycles. The van der Waals surface area contributed by atoms with Crippen molar-refractivity contribution in [3.05, 3.63) is 0 Å². The molecular weight excluding hydrogens is 260 g/mol. The normalized spacial score (nSPS) is 19.6. The van der Waals surface area contributed by atoms with Crippen LogP contribution < -0.4 is 5.32 Å². The van der Waals surface area contributed by atoms with Crippen LogP contribution in [0.2, 0.25) is 0 Å². The Hall–Kier alpha value is -0.240. The van der Waals surface area contributed by atoms with Crippen LogP contribution >= 0.6 is 0 Å². The van der Waals surface area contributed by atoms with Crippen molar-refractivity contribution in [1.82, 2.24) is 10.2 Å². The van der Waals surface area contributed by atoms with Gasteiger partial charge in [-0.15, -0.1) is 0 Å². The van der Waals surface area contributed by atoms with Crippen LogP contribution in [0.1, 0.15) is 40.5 Å². The van der Waals surface area contributed by atoms with E-state index < -0.39 is 24.5 Å². The van der Waals surface area contributed by atoms with Gasteiger partial charge in [-0.2, -0.15) is 0 Å². The zero-order chi connectivity index (χ0) is 15.7. The number of aliphatic hydroxyl groups is 4. The summed E-state index contributed by atoms with van der Waals surface area (Å²) < 4.78 is 0. The molecule has 0 saturated heterocycles. The monoisotopic (exact) mass is 292 g/mol. The fourth-order valence-corrected chi connectivity index (χ4v) is 2.36. The highest BCUT2D eigenvalue weighted by Gasteiger charge is 2.17. The van der Waals surface area contributed by atoms with Crippen LogP contribution in [0.5, 0.6) is 0 Å². The highest BCUT2D eigenvalue weighted by Crippen LogP contribution is 2.06. The summed E-state index contributed by atoms with van der Waals surface area (Å²) in [5, 5.41) is 40.8. The molecular formula is C14H32N2O4. The summed E-state index contributed by atoms with van der Waals surface area (Å²) in [7, 11) is 0. The molecule has 122 valence electrons. The lowest BCUT2D eigenvalue weighted by Gasteiger charge is -2.28. The molecule has 0 saturated carbocycles. The van der Waals surface area contributed by atoms with Gasteiger partial charge in [-0.1, -0.05) is 0 Å². The molecule has 0 heterocycles. The fraction of sp³-hybridized carbons (Fsp3) is 1.00. The summed E-state index contributed by atoms with van der Waals surface area (Å²) in [5.41, 5.74) is 0. The summed E-state index contributed by atoms with van der Waals surface area (Å²) in [6.07, 6.45) is -0.673. The number of nitrogens with zero attached hydrogens (tertiary/aromatic N) is 1. The van der Waals surface area contributed by atoms with Gasteiger partial charge in [0.05, 0.1) is 18.3 Å². The van der Waals surface area contributed by atoms with Crippen LogP contribution in [-0.2, 0) is 0 Å². The Labute approximate surface area is 122 Å². The van der Waals surface area contributed by atoms with E-state index >= 15 is 0 Å². The average Bonchev–Trinajstić information content (AvgIpc) is 2.22. The average molecular weight is 292 g/mol. The molecule has 5 unspecified atom stereocenters. The van der Waals surface area contributed by atoms with Gasteiger partial charge in [-0.3, -0.25) is 10.2 Å². The number of rotatable bonds is 11. The smallest absolute Gasteiger partial charge is 0.102 e. The van der Waals surface area contributed by atoms with Crippen LogP contribution in [0.15, 0.2) is 0 Å². The maximum absolute atomic E-state index is 9.48. The second-order valence-electron chi connectivity index (χ2n) is 5.87. The third-order valence-electron chi connectivity index (χ3n) is 2.94. The van der Waals surface area contributed by atoms with Crippen molar-refractivity contribution in [2.75, 3.05) is 19.6 Å². The maximum atomic E-state index is 9.48. The van der Waals surface area contributed by atoms with Gasteiger partial charge in [0, 0.05) is 19.1 Å². The largest absolute Gasteiger partial charge is 0.393 e. The lowest BCUT2D eigenvalue weighted by molar-refractivity contribution is 0.0720. The van der Waals surface area contributed by atoms with E-state index in [1.54, 1.807) is 27.7 Å². The van der Waals surface area contributed by atoms with E-state index in [4.69, 9.17) is 0 Å². The zero-order valence-electron chi connectivity index (χ0n) is 13.2. The van der Waals surface area contributed by atoms with Crippen molar-refractivity contribution in [3.63, 3.8) is 0 Å². The predicted molar refractivity (Wildman–Crippen MR) is 79.3 cm³/mol. The molecule has 0 aromatic rings. The first-order valence-electron chi connectivity index (χ1n) is 7.41. The van der Waals surface area contributed by atoms with Crippen molar-refractivity contribution in [3.8, 4) is 0 Å². The Kier molecular flexibility index (Phi) is 10.4. The van der Waals surface area contributed by atoms with Gasteiger partial charge in [-0.25, -0.2) is 0 Å². The first kappa shape index (κ1) is 19.8. The molecule has 0 radical (unpaired) electrons. The SMILES string of the molecule is CC(O)CC(CCN(CC(C)O)CC(C)O)NC(C)O. The summed E-state index contributed by atoms with van der Waals surface area (Å²) in [6.45, 7) is 8.50. The van der Waals surface area contributed by atoms with E-state index in [1.165, 1.54) is 0 Å². The molecule has 0 aromatic heterocycles. The lowest BCUT2D eigenvalue weighted by Crippen LogP contribution is -2.43. The Balaban J connectivity index is 4.35. The van der Waals surface area contributed by atoms with Crippen LogP contribution in [0.25, 0.3) is 0 Å². The molecule has 6 heteroatoms. The predicted octanol–water partition coefficient (Wildman–Crippen LogP) is -0.492. The van der Waals surface area contributed by atoms with Crippen molar-refractivity contribution in [2.45, 2.75) is 71.1 Å². The molecule has 0 rings (SSSR count). The molecule has 0 aliphatic rings. The maximum Gasteiger partial charge on any atom is 0.102 e. The third-order valence-corrected chi connectivity index (χ3v) is 2.94. The molecule has 0 fully saturated rings. The quantitative estimate of drug-likeness (QED) is 0.330. The molecule has 0 aromatic carbocycles. The van der Waals surface area contributed by atoms with Crippen molar-refractivity contribution in [2.24, 2.45) is 0 Å². The number of nitrogens with one attached hydrogen (secondary N) is 1. The first-order valence-corrected chi connectivity index (χ1v) is 7.41. The minimum absolute atomic E-state index is 0.000461. The van der Waals surface area contributed by atoms with Gasteiger partial charge >= 0.3 is 0 Å². The van der Waals surface area contributed by atoms with Crippen LogP contribution in [-0.4, -0.2) is 75.5 Å². The minimum atomic E-state index is -0.624. The summed E-state index contributed by atoms with van der Waals surface area (Å²) in [4.78, 5) is 1.99. The topological polar surface area (TPSA) is 96.2 Å². The van der Waals surface area contributed by atoms with Gasteiger partial charge in [0.15, 0.2) is 0 Å². The molecule has 0 amide bonds. The number of hydrogen-bond donors (Lipinski definition) is 5. The number of aliphatic hydroxyl groups excluding tert-OH is 4. The van der Waals surface area contributed by atoms with Gasteiger partial charge in [0.1, 0.15) is 6.23 Å². The van der Waals surface area contributed by atoms with Gasteiger partial charge < -0.3 is 20.4 Å². The van der Waals surface area contributed by atoms with Gasteiger partial charge in [0.25, 0.3) is 0 Å². The molecule has 0 spiro atoms. The molecule has 6 nitrogen and oxygen atoms in total. The van der Waals surface area contributed by atoms with E-state index in [0.717, 1.165) is 6.42 Å².